The van der Waals surface area contributed by atoms with Gasteiger partial charge in [0.25, 0.3) is 0 Å². The number of likely N-dealkylation sites (tertiary alicyclic amines) is 1. The summed E-state index contributed by atoms with van der Waals surface area (Å²) in [5.41, 5.74) is 1.54. The first-order chi connectivity index (χ1) is 15.1. The Morgan fingerprint density at radius 3 is 2.81 bits per heavy atom. The number of para-hydroxylation sites is 1. The van der Waals surface area contributed by atoms with Crippen molar-refractivity contribution in [1.82, 2.24) is 14.9 Å². The predicted octanol–water partition coefficient (Wildman–Crippen LogP) is 5.39. The molecule has 0 aliphatic carbocycles. The molecule has 1 aliphatic rings. The molecule has 1 atom stereocenters. The van der Waals surface area contributed by atoms with E-state index in [1.807, 2.05) is 33.8 Å². The average molecular weight is 464 g/mol. The molecule has 1 fully saturated rings. The molecule has 2 aromatic rings. The van der Waals surface area contributed by atoms with Crippen LogP contribution in [-0.4, -0.2) is 45.7 Å². The zero-order valence-corrected chi connectivity index (χ0v) is 19.8. The van der Waals surface area contributed by atoms with E-state index < -0.39 is 5.60 Å². The second-order valence-electron chi connectivity index (χ2n) is 9.04. The normalized spacial score (nSPS) is 16.9. The minimum atomic E-state index is -0.517. The summed E-state index contributed by atoms with van der Waals surface area (Å²) in [6, 6.07) is 5.07. The van der Waals surface area contributed by atoms with E-state index in [-0.39, 0.29) is 23.2 Å². The van der Waals surface area contributed by atoms with Crippen LogP contribution in [0.3, 0.4) is 0 Å². The number of carbonyl (C=O) groups excluding carboxylic acids is 1. The molecule has 174 valence electrons. The Morgan fingerprint density at radius 1 is 1.31 bits per heavy atom. The van der Waals surface area contributed by atoms with E-state index in [0.717, 1.165) is 30.4 Å². The summed E-state index contributed by atoms with van der Waals surface area (Å²) in [5.74, 6) is 0.308. The first-order valence-corrected chi connectivity index (χ1v) is 11.2. The number of halogens is 2. The van der Waals surface area contributed by atoms with E-state index in [2.05, 4.69) is 20.6 Å². The van der Waals surface area contributed by atoms with Gasteiger partial charge in [-0.25, -0.2) is 19.2 Å². The maximum Gasteiger partial charge on any atom is 0.410 e. The molecule has 1 aromatic carbocycles. The van der Waals surface area contributed by atoms with Gasteiger partial charge in [0.05, 0.1) is 5.69 Å². The molecule has 0 bridgehead atoms. The third kappa shape index (κ3) is 6.69. The lowest BCUT2D eigenvalue weighted by Crippen LogP contribution is -2.37. The number of hydrogen-bond acceptors (Lipinski definition) is 6. The van der Waals surface area contributed by atoms with Crippen LogP contribution >= 0.6 is 11.6 Å². The topological polar surface area (TPSA) is 79.4 Å². The minimum Gasteiger partial charge on any atom is -0.444 e. The number of aromatic nitrogens is 2. The van der Waals surface area contributed by atoms with Gasteiger partial charge in [0.15, 0.2) is 0 Å². The van der Waals surface area contributed by atoms with Crippen LogP contribution in [0.15, 0.2) is 24.4 Å². The largest absolute Gasteiger partial charge is 0.444 e. The van der Waals surface area contributed by atoms with Crippen molar-refractivity contribution in [3.8, 4) is 0 Å². The third-order valence-electron chi connectivity index (χ3n) is 5.23. The molecular formula is C23H31ClFN5O2. The van der Waals surface area contributed by atoms with Crippen molar-refractivity contribution in [2.45, 2.75) is 65.1 Å². The van der Waals surface area contributed by atoms with Crippen molar-refractivity contribution >= 4 is 29.2 Å². The van der Waals surface area contributed by atoms with Crippen LogP contribution in [0.5, 0.6) is 0 Å². The molecule has 0 saturated carbocycles. The highest BCUT2D eigenvalue weighted by molar-refractivity contribution is 6.28. The molecule has 3 rings (SSSR count). The lowest BCUT2D eigenvalue weighted by molar-refractivity contribution is 0.0256. The molecule has 2 heterocycles. The van der Waals surface area contributed by atoms with Gasteiger partial charge in [0.2, 0.25) is 5.28 Å². The highest BCUT2D eigenvalue weighted by atomic mass is 35.5. The van der Waals surface area contributed by atoms with Gasteiger partial charge in [-0.3, -0.25) is 0 Å². The predicted molar refractivity (Wildman–Crippen MR) is 125 cm³/mol. The van der Waals surface area contributed by atoms with Crippen molar-refractivity contribution in [1.29, 1.82) is 0 Å². The first-order valence-electron chi connectivity index (χ1n) is 10.9. The number of carbonyl (C=O) groups is 1. The Balaban J connectivity index is 1.66. The van der Waals surface area contributed by atoms with Gasteiger partial charge in [-0.15, -0.1) is 0 Å². The van der Waals surface area contributed by atoms with Gasteiger partial charge in [0, 0.05) is 37.4 Å². The average Bonchev–Trinajstić information content (AvgIpc) is 2.93. The second kappa shape index (κ2) is 10.3. The number of ether oxygens (including phenoxy) is 1. The summed E-state index contributed by atoms with van der Waals surface area (Å²) in [6.45, 7) is 9.04. The molecule has 0 radical (unpaired) electrons. The van der Waals surface area contributed by atoms with E-state index in [0.29, 0.717) is 31.1 Å². The molecule has 1 saturated heterocycles. The van der Waals surface area contributed by atoms with Crippen LogP contribution in [0.25, 0.3) is 0 Å². The SMILES string of the molecule is Cc1cccc(F)c1NCc1cnc(Cl)nc1N[C@@H]1CCCN(C(=O)OC(C)(C)C)CC1. The highest BCUT2D eigenvalue weighted by Crippen LogP contribution is 2.24. The quantitative estimate of drug-likeness (QED) is 0.578. The summed E-state index contributed by atoms with van der Waals surface area (Å²) in [7, 11) is 0. The summed E-state index contributed by atoms with van der Waals surface area (Å²) >= 11 is 6.05. The van der Waals surface area contributed by atoms with Crippen molar-refractivity contribution in [3.05, 3.63) is 46.6 Å². The number of anilines is 2. The van der Waals surface area contributed by atoms with Crippen LogP contribution in [0.2, 0.25) is 5.28 Å². The van der Waals surface area contributed by atoms with Gasteiger partial charge >= 0.3 is 6.09 Å². The van der Waals surface area contributed by atoms with Crippen LogP contribution in [0.4, 0.5) is 20.7 Å². The molecule has 1 aliphatic heterocycles. The van der Waals surface area contributed by atoms with Gasteiger partial charge in [-0.05, 0) is 70.2 Å². The fourth-order valence-electron chi connectivity index (χ4n) is 3.62. The number of benzene rings is 1. The summed E-state index contributed by atoms with van der Waals surface area (Å²) < 4.78 is 19.7. The maximum absolute atomic E-state index is 14.2. The number of amides is 1. The molecular weight excluding hydrogens is 433 g/mol. The number of hydrogen-bond donors (Lipinski definition) is 2. The molecule has 1 aromatic heterocycles. The number of aryl methyl sites for hydroxylation is 1. The van der Waals surface area contributed by atoms with E-state index in [1.54, 1.807) is 17.2 Å². The molecule has 9 heteroatoms. The van der Waals surface area contributed by atoms with Crippen molar-refractivity contribution in [2.75, 3.05) is 23.7 Å². The molecule has 32 heavy (non-hydrogen) atoms. The number of nitrogens with one attached hydrogen (secondary N) is 2. The van der Waals surface area contributed by atoms with E-state index in [9.17, 15) is 9.18 Å². The highest BCUT2D eigenvalue weighted by Gasteiger charge is 2.25. The third-order valence-corrected chi connectivity index (χ3v) is 5.42. The summed E-state index contributed by atoms with van der Waals surface area (Å²) in [4.78, 5) is 22.6. The van der Waals surface area contributed by atoms with Crippen molar-refractivity contribution in [2.24, 2.45) is 0 Å². The lowest BCUT2D eigenvalue weighted by atomic mass is 10.1. The smallest absolute Gasteiger partial charge is 0.410 e. The molecule has 1 amide bonds. The van der Waals surface area contributed by atoms with Crippen LogP contribution in [0.1, 0.15) is 51.2 Å². The Labute approximate surface area is 193 Å². The Hall–Kier alpha value is -2.61. The van der Waals surface area contributed by atoms with E-state index >= 15 is 0 Å². The van der Waals surface area contributed by atoms with Gasteiger partial charge in [-0.1, -0.05) is 12.1 Å². The molecule has 0 spiro atoms. The van der Waals surface area contributed by atoms with Gasteiger partial charge in [0.1, 0.15) is 17.2 Å². The standard InChI is InChI=1S/C23H31ClFN5O2/c1-15-7-5-9-18(25)19(15)26-13-16-14-27-21(24)29-20(16)28-17-8-6-11-30(12-10-17)22(31)32-23(2,3)4/h5,7,9,14,17,26H,6,8,10-13H2,1-4H3,(H,27,28,29)/t17-/m1/s1. The van der Waals surface area contributed by atoms with Gasteiger partial charge in [-0.2, -0.15) is 0 Å². The fourth-order valence-corrected chi connectivity index (χ4v) is 3.76. The molecule has 0 unspecified atom stereocenters. The van der Waals surface area contributed by atoms with Crippen LogP contribution in [0, 0.1) is 12.7 Å². The van der Waals surface area contributed by atoms with Crippen LogP contribution in [-0.2, 0) is 11.3 Å². The monoisotopic (exact) mass is 463 g/mol. The lowest BCUT2D eigenvalue weighted by Gasteiger charge is -2.26. The Bertz CT molecular complexity index is 930. The fraction of sp³-hybridized carbons (Fsp3) is 0.522. The zero-order chi connectivity index (χ0) is 23.3. The van der Waals surface area contributed by atoms with E-state index in [4.69, 9.17) is 16.3 Å². The maximum atomic E-state index is 14.2. The minimum absolute atomic E-state index is 0.113. The van der Waals surface area contributed by atoms with E-state index in [1.165, 1.54) is 6.07 Å². The van der Waals surface area contributed by atoms with Gasteiger partial charge < -0.3 is 20.3 Å². The Kier molecular flexibility index (Phi) is 7.77. The number of nitrogens with zero attached hydrogens (tertiary/aromatic N) is 3. The molecule has 7 nitrogen and oxygen atoms in total. The van der Waals surface area contributed by atoms with Crippen molar-refractivity contribution in [3.63, 3.8) is 0 Å². The van der Waals surface area contributed by atoms with Crippen molar-refractivity contribution < 1.29 is 13.9 Å². The molecule has 2 N–H and O–H groups in total. The summed E-state index contributed by atoms with van der Waals surface area (Å²) in [6.07, 6.45) is 3.83. The number of rotatable bonds is 5. The first kappa shape index (κ1) is 24.0. The Morgan fingerprint density at radius 2 is 2.09 bits per heavy atom. The second-order valence-corrected chi connectivity index (χ2v) is 9.38. The zero-order valence-electron chi connectivity index (χ0n) is 19.0. The summed E-state index contributed by atoms with van der Waals surface area (Å²) in [5, 5.41) is 6.74. The van der Waals surface area contributed by atoms with Crippen LogP contribution < -0.4 is 10.6 Å².